The molecule has 0 unspecified atom stereocenters. The van der Waals surface area contributed by atoms with Crippen LogP contribution in [0.2, 0.25) is 0 Å². The van der Waals surface area contributed by atoms with E-state index in [1.807, 2.05) is 13.0 Å². The first-order valence-corrected chi connectivity index (χ1v) is 6.44. The smallest absolute Gasteiger partial charge is 0.335 e. The molecule has 0 amide bonds. The van der Waals surface area contributed by atoms with Gasteiger partial charge in [-0.15, -0.1) is 0 Å². The van der Waals surface area contributed by atoms with E-state index in [1.54, 1.807) is 12.1 Å². The average Bonchev–Trinajstić information content (AvgIpc) is 2.38. The van der Waals surface area contributed by atoms with Crippen LogP contribution in [0.4, 0.5) is 0 Å². The van der Waals surface area contributed by atoms with Crippen molar-refractivity contribution in [2.24, 2.45) is 0 Å². The molecule has 0 heterocycles. The largest absolute Gasteiger partial charge is 0.478 e. The highest BCUT2D eigenvalue weighted by molar-refractivity contribution is 5.92. The van der Waals surface area contributed by atoms with E-state index in [-0.39, 0.29) is 0 Å². The molecule has 0 aliphatic carbocycles. The van der Waals surface area contributed by atoms with Crippen molar-refractivity contribution in [3.05, 3.63) is 59.2 Å². The predicted molar refractivity (Wildman–Crippen MR) is 77.7 cm³/mol. The lowest BCUT2D eigenvalue weighted by atomic mass is 9.94. The number of carboxylic acids is 1. The molecule has 2 aromatic carbocycles. The maximum atomic E-state index is 11.1. The van der Waals surface area contributed by atoms with E-state index in [2.05, 4.69) is 38.1 Å². The molecular weight excluding hydrogens is 236 g/mol. The predicted octanol–water partition coefficient (Wildman–Crippen LogP) is 4.48. The zero-order chi connectivity index (χ0) is 14.0. The Morgan fingerprint density at radius 1 is 1.05 bits per heavy atom. The molecule has 0 fully saturated rings. The molecule has 98 valence electrons. The van der Waals surface area contributed by atoms with Gasteiger partial charge in [-0.05, 0) is 41.2 Å². The molecule has 1 N–H and O–H groups in total. The SMILES string of the molecule is Cc1c(C(=O)O)cccc1-c1ccc(C(C)C)cc1. The summed E-state index contributed by atoms with van der Waals surface area (Å²) in [5, 5.41) is 9.15. The zero-order valence-corrected chi connectivity index (χ0v) is 11.5. The van der Waals surface area contributed by atoms with Crippen LogP contribution in [0.15, 0.2) is 42.5 Å². The van der Waals surface area contributed by atoms with Gasteiger partial charge in [-0.3, -0.25) is 0 Å². The number of carbonyl (C=O) groups is 1. The number of carboxylic acid groups (broad SMARTS) is 1. The first-order chi connectivity index (χ1) is 9.00. The second-order valence-electron chi connectivity index (χ2n) is 5.06. The van der Waals surface area contributed by atoms with Gasteiger partial charge in [-0.2, -0.15) is 0 Å². The van der Waals surface area contributed by atoms with E-state index >= 15 is 0 Å². The summed E-state index contributed by atoms with van der Waals surface area (Å²) in [4.78, 5) is 11.1. The van der Waals surface area contributed by atoms with Gasteiger partial charge in [0.25, 0.3) is 0 Å². The number of rotatable bonds is 3. The van der Waals surface area contributed by atoms with E-state index in [4.69, 9.17) is 5.11 Å². The summed E-state index contributed by atoms with van der Waals surface area (Å²) in [7, 11) is 0. The fourth-order valence-corrected chi connectivity index (χ4v) is 2.23. The Hall–Kier alpha value is -2.09. The quantitative estimate of drug-likeness (QED) is 0.876. The topological polar surface area (TPSA) is 37.3 Å². The van der Waals surface area contributed by atoms with Gasteiger partial charge < -0.3 is 5.11 Å². The molecule has 0 bridgehead atoms. The standard InChI is InChI=1S/C17H18O2/c1-11(2)13-7-9-14(10-8-13)15-5-4-6-16(12(15)3)17(18)19/h4-11H,1-3H3,(H,18,19). The van der Waals surface area contributed by atoms with Crippen LogP contribution in [0.5, 0.6) is 0 Å². The minimum Gasteiger partial charge on any atom is -0.478 e. The van der Waals surface area contributed by atoms with Gasteiger partial charge in [0.2, 0.25) is 0 Å². The highest BCUT2D eigenvalue weighted by Crippen LogP contribution is 2.27. The fourth-order valence-electron chi connectivity index (χ4n) is 2.23. The fraction of sp³-hybridized carbons (Fsp3) is 0.235. The second-order valence-corrected chi connectivity index (χ2v) is 5.06. The number of hydrogen-bond donors (Lipinski definition) is 1. The van der Waals surface area contributed by atoms with E-state index in [0.29, 0.717) is 11.5 Å². The van der Waals surface area contributed by atoms with Crippen molar-refractivity contribution in [1.82, 2.24) is 0 Å². The molecule has 0 spiro atoms. The molecule has 19 heavy (non-hydrogen) atoms. The Kier molecular flexibility index (Phi) is 3.70. The molecule has 0 aromatic heterocycles. The summed E-state index contributed by atoms with van der Waals surface area (Å²) in [5.41, 5.74) is 4.51. The number of benzene rings is 2. The van der Waals surface area contributed by atoms with Gasteiger partial charge in [-0.25, -0.2) is 4.79 Å². The van der Waals surface area contributed by atoms with Crippen molar-refractivity contribution in [1.29, 1.82) is 0 Å². The van der Waals surface area contributed by atoms with Crippen LogP contribution < -0.4 is 0 Å². The molecule has 0 radical (unpaired) electrons. The van der Waals surface area contributed by atoms with Gasteiger partial charge in [0, 0.05) is 0 Å². The number of aromatic carboxylic acids is 1. The third-order valence-electron chi connectivity index (χ3n) is 3.45. The minimum absolute atomic E-state index is 0.366. The number of hydrogen-bond acceptors (Lipinski definition) is 1. The third kappa shape index (κ3) is 2.68. The maximum absolute atomic E-state index is 11.1. The van der Waals surface area contributed by atoms with Crippen LogP contribution in [0.1, 0.15) is 41.3 Å². The van der Waals surface area contributed by atoms with Crippen LogP contribution in [-0.4, -0.2) is 11.1 Å². The minimum atomic E-state index is -0.877. The summed E-state index contributed by atoms with van der Waals surface area (Å²) < 4.78 is 0. The molecule has 0 aliphatic rings. The molecule has 2 aromatic rings. The van der Waals surface area contributed by atoms with Crippen molar-refractivity contribution in [2.75, 3.05) is 0 Å². The summed E-state index contributed by atoms with van der Waals surface area (Å²) in [5.74, 6) is -0.376. The van der Waals surface area contributed by atoms with Gasteiger partial charge in [0.1, 0.15) is 0 Å². The van der Waals surface area contributed by atoms with Crippen molar-refractivity contribution in [2.45, 2.75) is 26.7 Å². The van der Waals surface area contributed by atoms with Crippen molar-refractivity contribution in [3.8, 4) is 11.1 Å². The summed E-state index contributed by atoms with van der Waals surface area (Å²) in [6.45, 7) is 6.17. The molecule has 2 heteroatoms. The normalized spacial score (nSPS) is 10.7. The van der Waals surface area contributed by atoms with E-state index in [0.717, 1.165) is 16.7 Å². The second kappa shape index (κ2) is 5.27. The van der Waals surface area contributed by atoms with Crippen LogP contribution in [-0.2, 0) is 0 Å². The first kappa shape index (κ1) is 13.3. The first-order valence-electron chi connectivity index (χ1n) is 6.44. The zero-order valence-electron chi connectivity index (χ0n) is 11.5. The molecule has 2 rings (SSSR count). The maximum Gasteiger partial charge on any atom is 0.335 e. The molecule has 2 nitrogen and oxygen atoms in total. The van der Waals surface area contributed by atoms with E-state index in [9.17, 15) is 4.79 Å². The Morgan fingerprint density at radius 2 is 1.68 bits per heavy atom. The highest BCUT2D eigenvalue weighted by atomic mass is 16.4. The Morgan fingerprint density at radius 3 is 2.21 bits per heavy atom. The van der Waals surface area contributed by atoms with Crippen LogP contribution in [0.3, 0.4) is 0 Å². The molecule has 0 atom stereocenters. The Labute approximate surface area is 113 Å². The molecular formula is C17H18O2. The van der Waals surface area contributed by atoms with E-state index < -0.39 is 5.97 Å². The summed E-state index contributed by atoms with van der Waals surface area (Å²) >= 11 is 0. The van der Waals surface area contributed by atoms with Gasteiger partial charge in [0.05, 0.1) is 5.56 Å². The van der Waals surface area contributed by atoms with Crippen molar-refractivity contribution < 1.29 is 9.90 Å². The average molecular weight is 254 g/mol. The van der Waals surface area contributed by atoms with Crippen molar-refractivity contribution >= 4 is 5.97 Å². The summed E-state index contributed by atoms with van der Waals surface area (Å²) in [6.07, 6.45) is 0. The lowest BCUT2D eigenvalue weighted by Crippen LogP contribution is -2.00. The van der Waals surface area contributed by atoms with Gasteiger partial charge >= 0.3 is 5.97 Å². The molecule has 0 saturated carbocycles. The lowest BCUT2D eigenvalue weighted by Gasteiger charge is -2.11. The monoisotopic (exact) mass is 254 g/mol. The van der Waals surface area contributed by atoms with Crippen molar-refractivity contribution in [3.63, 3.8) is 0 Å². The van der Waals surface area contributed by atoms with Crippen LogP contribution in [0, 0.1) is 6.92 Å². The Balaban J connectivity index is 2.47. The molecule has 0 aliphatic heterocycles. The van der Waals surface area contributed by atoms with E-state index in [1.165, 1.54) is 5.56 Å². The lowest BCUT2D eigenvalue weighted by molar-refractivity contribution is 0.0696. The van der Waals surface area contributed by atoms with Crippen LogP contribution >= 0.6 is 0 Å². The molecule has 0 saturated heterocycles. The van der Waals surface area contributed by atoms with Gasteiger partial charge in [-0.1, -0.05) is 50.2 Å². The highest BCUT2D eigenvalue weighted by Gasteiger charge is 2.11. The van der Waals surface area contributed by atoms with Crippen LogP contribution in [0.25, 0.3) is 11.1 Å². The third-order valence-corrected chi connectivity index (χ3v) is 3.45. The Bertz CT molecular complexity index is 595. The summed E-state index contributed by atoms with van der Waals surface area (Å²) in [6, 6.07) is 13.7. The van der Waals surface area contributed by atoms with Gasteiger partial charge in [0.15, 0.2) is 0 Å².